The second-order valence-electron chi connectivity index (χ2n) is 3.24. The molecule has 0 unspecified atom stereocenters. The first-order valence-electron chi connectivity index (χ1n) is 5.00. The fraction of sp³-hybridized carbons (Fsp3) is 0.182. The zero-order valence-electron chi connectivity index (χ0n) is 9.08. The number of ether oxygens (including phenoxy) is 1. The molecule has 17 heavy (non-hydrogen) atoms. The summed E-state index contributed by atoms with van der Waals surface area (Å²) in [5, 5.41) is 11.3. The Balaban J connectivity index is 2.26. The number of rotatable bonds is 4. The maximum absolute atomic E-state index is 10.9. The minimum absolute atomic E-state index is 0.0771. The fourth-order valence-electron chi connectivity index (χ4n) is 1.23. The molecule has 0 atom stereocenters. The topological polar surface area (TPSA) is 72.3 Å². The summed E-state index contributed by atoms with van der Waals surface area (Å²) in [5.74, 6) is -0.841. The monoisotopic (exact) mass is 250 g/mol. The van der Waals surface area contributed by atoms with Crippen LogP contribution in [0.25, 0.3) is 0 Å². The quantitative estimate of drug-likeness (QED) is 0.902. The lowest BCUT2D eigenvalue weighted by atomic mass is 10.2. The number of aromatic carboxylic acids is 1. The Labute approximate surface area is 102 Å². The van der Waals surface area contributed by atoms with Gasteiger partial charge in [-0.1, -0.05) is 18.3 Å². The third-order valence-corrected chi connectivity index (χ3v) is 2.87. The number of nitrogens with zero attached hydrogens (tertiary/aromatic N) is 2. The maximum atomic E-state index is 10.9. The molecule has 0 fully saturated rings. The lowest BCUT2D eigenvalue weighted by molar-refractivity contribution is 0.0694. The van der Waals surface area contributed by atoms with E-state index in [1.54, 1.807) is 0 Å². The summed E-state index contributed by atoms with van der Waals surface area (Å²) in [6.45, 7) is 1.99. The van der Waals surface area contributed by atoms with Gasteiger partial charge in [-0.25, -0.2) is 9.78 Å². The molecule has 0 spiro atoms. The van der Waals surface area contributed by atoms with Crippen LogP contribution in [-0.4, -0.2) is 21.0 Å². The van der Waals surface area contributed by atoms with Gasteiger partial charge in [-0.3, -0.25) is 4.98 Å². The fourth-order valence-corrected chi connectivity index (χ4v) is 1.99. The molecule has 0 saturated heterocycles. The molecule has 5 nitrogen and oxygen atoms in total. The van der Waals surface area contributed by atoms with E-state index in [0.29, 0.717) is 5.19 Å². The summed E-state index contributed by atoms with van der Waals surface area (Å²) < 4.78 is 5.42. The summed E-state index contributed by atoms with van der Waals surface area (Å²) >= 11 is 1.34. The Morgan fingerprint density at radius 3 is 3.06 bits per heavy atom. The number of carboxylic acids is 1. The van der Waals surface area contributed by atoms with Crippen LogP contribution in [0.3, 0.4) is 0 Å². The van der Waals surface area contributed by atoms with Crippen molar-refractivity contribution >= 4 is 17.3 Å². The Hall–Kier alpha value is -1.95. The minimum atomic E-state index is -1.05. The van der Waals surface area contributed by atoms with Crippen LogP contribution >= 0.6 is 11.3 Å². The van der Waals surface area contributed by atoms with Crippen LogP contribution in [0.4, 0.5) is 0 Å². The van der Waals surface area contributed by atoms with E-state index in [1.165, 1.54) is 29.8 Å². The third-order valence-electron chi connectivity index (χ3n) is 2.11. The average Bonchev–Trinajstić information content (AvgIpc) is 2.77. The van der Waals surface area contributed by atoms with E-state index in [9.17, 15) is 4.79 Å². The highest BCUT2D eigenvalue weighted by Crippen LogP contribution is 2.27. The second kappa shape index (κ2) is 4.92. The molecular weight excluding hydrogens is 240 g/mol. The van der Waals surface area contributed by atoms with Gasteiger partial charge < -0.3 is 9.84 Å². The number of hydrogen-bond acceptors (Lipinski definition) is 5. The Morgan fingerprint density at radius 2 is 2.41 bits per heavy atom. The van der Waals surface area contributed by atoms with E-state index in [1.807, 2.05) is 12.3 Å². The van der Waals surface area contributed by atoms with Crippen LogP contribution in [0.15, 0.2) is 23.8 Å². The molecule has 0 aliphatic heterocycles. The predicted octanol–water partition coefficient (Wildman–Crippen LogP) is 2.59. The van der Waals surface area contributed by atoms with Crippen LogP contribution in [0.2, 0.25) is 0 Å². The molecule has 0 saturated carbocycles. The van der Waals surface area contributed by atoms with Gasteiger partial charge >= 0.3 is 5.97 Å². The van der Waals surface area contributed by atoms with Crippen LogP contribution in [0.5, 0.6) is 10.9 Å². The highest BCUT2D eigenvalue weighted by atomic mass is 32.1. The highest BCUT2D eigenvalue weighted by Gasteiger charge is 2.13. The Morgan fingerprint density at radius 1 is 1.59 bits per heavy atom. The molecule has 0 aromatic carbocycles. The molecule has 2 heterocycles. The average molecular weight is 250 g/mol. The van der Waals surface area contributed by atoms with Crippen molar-refractivity contribution in [3.8, 4) is 10.9 Å². The number of thiazole rings is 1. The van der Waals surface area contributed by atoms with Gasteiger partial charge in [-0.2, -0.15) is 0 Å². The summed E-state index contributed by atoms with van der Waals surface area (Å²) in [6.07, 6.45) is 3.60. The maximum Gasteiger partial charge on any atom is 0.339 e. The summed E-state index contributed by atoms with van der Waals surface area (Å²) in [4.78, 5) is 19.0. The van der Waals surface area contributed by atoms with E-state index in [2.05, 4.69) is 9.97 Å². The SMILES string of the molecule is CCc1csc(Oc2cnccc2C(=O)O)n1. The molecule has 0 amide bonds. The summed E-state index contributed by atoms with van der Waals surface area (Å²) in [5.41, 5.74) is 0.999. The molecule has 2 aromatic rings. The molecule has 2 aromatic heterocycles. The first-order chi connectivity index (χ1) is 8.20. The molecule has 6 heteroatoms. The zero-order chi connectivity index (χ0) is 12.3. The number of carboxylic acid groups (broad SMARTS) is 1. The lowest BCUT2D eigenvalue weighted by Crippen LogP contribution is -2.00. The molecule has 0 aliphatic rings. The van der Waals surface area contributed by atoms with Crippen molar-refractivity contribution in [1.29, 1.82) is 0 Å². The number of aryl methyl sites for hydroxylation is 1. The van der Waals surface area contributed by atoms with E-state index in [0.717, 1.165) is 12.1 Å². The highest BCUT2D eigenvalue weighted by molar-refractivity contribution is 7.11. The first kappa shape index (κ1) is 11.5. The van der Waals surface area contributed by atoms with Crippen LogP contribution in [-0.2, 0) is 6.42 Å². The van der Waals surface area contributed by atoms with Crippen molar-refractivity contribution < 1.29 is 14.6 Å². The van der Waals surface area contributed by atoms with Crippen molar-refractivity contribution in [2.24, 2.45) is 0 Å². The standard InChI is InChI=1S/C11H10N2O3S/c1-2-7-6-17-11(13-7)16-9-5-12-4-3-8(9)10(14)15/h3-6H,2H2,1H3,(H,14,15). The normalized spacial score (nSPS) is 10.2. The van der Waals surface area contributed by atoms with Crippen LogP contribution in [0.1, 0.15) is 23.0 Å². The van der Waals surface area contributed by atoms with E-state index in [-0.39, 0.29) is 11.3 Å². The van der Waals surface area contributed by atoms with Gasteiger partial charge in [0.25, 0.3) is 5.19 Å². The van der Waals surface area contributed by atoms with Crippen molar-refractivity contribution in [2.45, 2.75) is 13.3 Å². The Kier molecular flexibility index (Phi) is 3.34. The molecule has 0 radical (unpaired) electrons. The van der Waals surface area contributed by atoms with Gasteiger partial charge in [0.2, 0.25) is 0 Å². The molecule has 0 bridgehead atoms. The Bertz CT molecular complexity index is 539. The largest absolute Gasteiger partial charge is 0.478 e. The smallest absolute Gasteiger partial charge is 0.339 e. The predicted molar refractivity (Wildman–Crippen MR) is 62.8 cm³/mol. The van der Waals surface area contributed by atoms with Crippen molar-refractivity contribution in [1.82, 2.24) is 9.97 Å². The van der Waals surface area contributed by atoms with Crippen molar-refractivity contribution in [2.75, 3.05) is 0 Å². The van der Waals surface area contributed by atoms with E-state index in [4.69, 9.17) is 9.84 Å². The summed E-state index contributed by atoms with van der Waals surface area (Å²) in [6, 6.07) is 1.39. The second-order valence-corrected chi connectivity index (χ2v) is 4.06. The van der Waals surface area contributed by atoms with Crippen LogP contribution in [0, 0.1) is 0 Å². The minimum Gasteiger partial charge on any atom is -0.478 e. The molecule has 88 valence electrons. The molecular formula is C11H10N2O3S. The van der Waals surface area contributed by atoms with Gasteiger partial charge in [0, 0.05) is 11.6 Å². The molecule has 0 aliphatic carbocycles. The number of hydrogen-bond donors (Lipinski definition) is 1. The zero-order valence-corrected chi connectivity index (χ0v) is 9.90. The molecule has 1 N–H and O–H groups in total. The van der Waals surface area contributed by atoms with Gasteiger partial charge in [0.1, 0.15) is 5.56 Å². The van der Waals surface area contributed by atoms with E-state index >= 15 is 0 Å². The third kappa shape index (κ3) is 2.59. The van der Waals surface area contributed by atoms with Gasteiger partial charge in [0.05, 0.1) is 11.9 Å². The number of aromatic nitrogens is 2. The van der Waals surface area contributed by atoms with Gasteiger partial charge in [-0.15, -0.1) is 0 Å². The van der Waals surface area contributed by atoms with Crippen molar-refractivity contribution in [3.63, 3.8) is 0 Å². The van der Waals surface area contributed by atoms with Crippen LogP contribution < -0.4 is 4.74 Å². The number of carbonyl (C=O) groups is 1. The van der Waals surface area contributed by atoms with Gasteiger partial charge in [0.15, 0.2) is 5.75 Å². The van der Waals surface area contributed by atoms with Crippen molar-refractivity contribution in [3.05, 3.63) is 35.1 Å². The molecule has 2 rings (SSSR count). The van der Waals surface area contributed by atoms with Gasteiger partial charge in [-0.05, 0) is 12.5 Å². The summed E-state index contributed by atoms with van der Waals surface area (Å²) in [7, 11) is 0. The van der Waals surface area contributed by atoms with E-state index < -0.39 is 5.97 Å². The number of pyridine rings is 1. The lowest BCUT2D eigenvalue weighted by Gasteiger charge is -2.04. The first-order valence-corrected chi connectivity index (χ1v) is 5.88.